The number of benzene rings is 1. The van der Waals surface area contributed by atoms with Gasteiger partial charge in [0.2, 0.25) is 5.91 Å². The fraction of sp³-hybridized carbons (Fsp3) is 0.0769. The van der Waals surface area contributed by atoms with Gasteiger partial charge in [-0.2, -0.15) is 0 Å². The summed E-state index contributed by atoms with van der Waals surface area (Å²) >= 11 is 7.22. The van der Waals surface area contributed by atoms with Gasteiger partial charge in [0.25, 0.3) is 0 Å². The SMILES string of the molecule is Cc1nc(C=CC(=O)Nc2cc(Cl)ccc2F)cs1. The van der Waals surface area contributed by atoms with Gasteiger partial charge in [0, 0.05) is 16.5 Å². The third-order valence-electron chi connectivity index (χ3n) is 2.23. The van der Waals surface area contributed by atoms with E-state index in [0.717, 1.165) is 5.01 Å². The largest absolute Gasteiger partial charge is 0.320 e. The number of carbonyl (C=O) groups is 1. The minimum atomic E-state index is -0.532. The lowest BCUT2D eigenvalue weighted by atomic mass is 10.3. The minimum absolute atomic E-state index is 0.0524. The molecule has 1 N–H and O–H groups in total. The molecule has 1 aromatic carbocycles. The van der Waals surface area contributed by atoms with Crippen molar-refractivity contribution in [3.05, 3.63) is 51.2 Å². The number of nitrogens with one attached hydrogen (secondary N) is 1. The lowest BCUT2D eigenvalue weighted by Crippen LogP contribution is -2.09. The molecule has 0 saturated carbocycles. The van der Waals surface area contributed by atoms with Crippen molar-refractivity contribution in [3.8, 4) is 0 Å². The van der Waals surface area contributed by atoms with Gasteiger partial charge in [-0.05, 0) is 31.2 Å². The standard InChI is InChI=1S/C13H10ClFN2OS/c1-8-16-10(7-19-8)3-5-13(18)17-12-6-9(14)2-4-11(12)15/h2-7H,1H3,(H,17,18). The van der Waals surface area contributed by atoms with Crippen LogP contribution in [0.5, 0.6) is 0 Å². The van der Waals surface area contributed by atoms with Gasteiger partial charge in [-0.1, -0.05) is 11.6 Å². The molecule has 0 aliphatic heterocycles. The Morgan fingerprint density at radius 1 is 1.53 bits per heavy atom. The Morgan fingerprint density at radius 3 is 3.00 bits per heavy atom. The van der Waals surface area contributed by atoms with Crippen LogP contribution in [0.3, 0.4) is 0 Å². The average Bonchev–Trinajstić information content (AvgIpc) is 2.77. The molecule has 98 valence electrons. The van der Waals surface area contributed by atoms with Crippen LogP contribution < -0.4 is 5.32 Å². The number of thiazole rings is 1. The summed E-state index contributed by atoms with van der Waals surface area (Å²) in [5.74, 6) is -0.970. The van der Waals surface area contributed by atoms with Gasteiger partial charge in [-0.25, -0.2) is 9.37 Å². The molecule has 2 aromatic rings. The number of rotatable bonds is 3. The number of halogens is 2. The fourth-order valence-electron chi connectivity index (χ4n) is 1.39. The van der Waals surface area contributed by atoms with Crippen molar-refractivity contribution in [2.45, 2.75) is 6.92 Å². The Hall–Kier alpha value is -1.72. The van der Waals surface area contributed by atoms with E-state index in [4.69, 9.17) is 11.6 Å². The van der Waals surface area contributed by atoms with Crippen LogP contribution >= 0.6 is 22.9 Å². The first kappa shape index (κ1) is 13.7. The molecule has 0 saturated heterocycles. The number of anilines is 1. The first-order valence-corrected chi connectivity index (χ1v) is 6.66. The van der Waals surface area contributed by atoms with Crippen LogP contribution in [0.15, 0.2) is 29.7 Å². The van der Waals surface area contributed by atoms with Gasteiger partial charge in [-0.3, -0.25) is 4.79 Å². The Bertz CT molecular complexity index is 639. The topological polar surface area (TPSA) is 42.0 Å². The molecule has 0 aliphatic carbocycles. The van der Waals surface area contributed by atoms with E-state index in [1.54, 1.807) is 6.08 Å². The Kier molecular flexibility index (Phi) is 4.29. The number of aryl methyl sites for hydroxylation is 1. The normalized spacial score (nSPS) is 10.9. The molecule has 0 spiro atoms. The summed E-state index contributed by atoms with van der Waals surface area (Å²) in [4.78, 5) is 15.8. The lowest BCUT2D eigenvalue weighted by molar-refractivity contribution is -0.111. The predicted molar refractivity (Wildman–Crippen MR) is 75.9 cm³/mol. The van der Waals surface area contributed by atoms with E-state index in [0.29, 0.717) is 10.7 Å². The van der Waals surface area contributed by atoms with Crippen LogP contribution in [0, 0.1) is 12.7 Å². The molecule has 1 aromatic heterocycles. The van der Waals surface area contributed by atoms with E-state index in [2.05, 4.69) is 10.3 Å². The first-order chi connectivity index (χ1) is 9.04. The zero-order valence-electron chi connectivity index (χ0n) is 9.98. The summed E-state index contributed by atoms with van der Waals surface area (Å²) in [6.07, 6.45) is 2.87. The molecular weight excluding hydrogens is 287 g/mol. The summed E-state index contributed by atoms with van der Waals surface area (Å²) in [5, 5.41) is 5.53. The summed E-state index contributed by atoms with van der Waals surface area (Å²) in [6, 6.07) is 3.97. The maximum absolute atomic E-state index is 13.4. The molecule has 19 heavy (non-hydrogen) atoms. The summed E-state index contributed by atoms with van der Waals surface area (Å²) < 4.78 is 13.4. The first-order valence-electron chi connectivity index (χ1n) is 5.41. The third-order valence-corrected chi connectivity index (χ3v) is 3.26. The van der Waals surface area contributed by atoms with Crippen molar-refractivity contribution in [1.82, 2.24) is 4.98 Å². The number of nitrogens with zero attached hydrogens (tertiary/aromatic N) is 1. The number of aromatic nitrogens is 1. The fourth-order valence-corrected chi connectivity index (χ4v) is 2.14. The number of hydrogen-bond donors (Lipinski definition) is 1. The zero-order valence-corrected chi connectivity index (χ0v) is 11.6. The van der Waals surface area contributed by atoms with E-state index in [9.17, 15) is 9.18 Å². The molecule has 0 fully saturated rings. The van der Waals surface area contributed by atoms with Crippen LogP contribution in [0.25, 0.3) is 6.08 Å². The van der Waals surface area contributed by atoms with Crippen molar-refractivity contribution in [1.29, 1.82) is 0 Å². The smallest absolute Gasteiger partial charge is 0.248 e. The van der Waals surface area contributed by atoms with Gasteiger partial charge in [-0.15, -0.1) is 11.3 Å². The Balaban J connectivity index is 2.05. The average molecular weight is 297 g/mol. The molecule has 6 heteroatoms. The molecular formula is C13H10ClFN2OS. The van der Waals surface area contributed by atoms with Gasteiger partial charge in [0.15, 0.2) is 0 Å². The van der Waals surface area contributed by atoms with Crippen molar-refractivity contribution in [2.75, 3.05) is 5.32 Å². The molecule has 3 nitrogen and oxygen atoms in total. The molecule has 0 unspecified atom stereocenters. The monoisotopic (exact) mass is 296 g/mol. The molecule has 0 atom stereocenters. The van der Waals surface area contributed by atoms with E-state index in [-0.39, 0.29) is 5.69 Å². The number of carbonyl (C=O) groups excluding carboxylic acids is 1. The number of hydrogen-bond acceptors (Lipinski definition) is 3. The second kappa shape index (κ2) is 5.95. The molecule has 0 radical (unpaired) electrons. The maximum atomic E-state index is 13.4. The van der Waals surface area contributed by atoms with Crippen molar-refractivity contribution >= 4 is 40.6 Å². The highest BCUT2D eigenvalue weighted by Crippen LogP contribution is 2.19. The molecule has 2 rings (SSSR count). The lowest BCUT2D eigenvalue weighted by Gasteiger charge is -2.03. The van der Waals surface area contributed by atoms with Gasteiger partial charge >= 0.3 is 0 Å². The molecule has 1 heterocycles. The van der Waals surface area contributed by atoms with Crippen LogP contribution in [0.2, 0.25) is 5.02 Å². The Labute approximate surface area is 118 Å². The minimum Gasteiger partial charge on any atom is -0.320 e. The van der Waals surface area contributed by atoms with Crippen LogP contribution in [0.4, 0.5) is 10.1 Å². The molecule has 0 aliphatic rings. The number of amides is 1. The highest BCUT2D eigenvalue weighted by atomic mass is 35.5. The zero-order chi connectivity index (χ0) is 13.8. The quantitative estimate of drug-likeness (QED) is 0.873. The van der Waals surface area contributed by atoms with Gasteiger partial charge in [0.05, 0.1) is 16.4 Å². The van der Waals surface area contributed by atoms with Crippen LogP contribution in [-0.4, -0.2) is 10.9 Å². The summed E-state index contributed by atoms with van der Waals surface area (Å²) in [6.45, 7) is 1.88. The second-order valence-corrected chi connectivity index (χ2v) is 5.24. The molecule has 0 bridgehead atoms. The van der Waals surface area contributed by atoms with E-state index >= 15 is 0 Å². The van der Waals surface area contributed by atoms with Crippen LogP contribution in [-0.2, 0) is 4.79 Å². The van der Waals surface area contributed by atoms with E-state index < -0.39 is 11.7 Å². The van der Waals surface area contributed by atoms with Crippen molar-refractivity contribution in [3.63, 3.8) is 0 Å². The van der Waals surface area contributed by atoms with Crippen molar-refractivity contribution < 1.29 is 9.18 Å². The third kappa shape index (κ3) is 3.87. The molecule has 1 amide bonds. The highest BCUT2D eigenvalue weighted by Gasteiger charge is 2.05. The predicted octanol–water partition coefficient (Wildman–Crippen LogP) is 3.90. The maximum Gasteiger partial charge on any atom is 0.248 e. The van der Waals surface area contributed by atoms with Gasteiger partial charge < -0.3 is 5.32 Å². The van der Waals surface area contributed by atoms with E-state index in [1.807, 2.05) is 12.3 Å². The summed E-state index contributed by atoms with van der Waals surface area (Å²) in [5.41, 5.74) is 0.751. The van der Waals surface area contributed by atoms with Gasteiger partial charge in [0.1, 0.15) is 5.82 Å². The van der Waals surface area contributed by atoms with Crippen LogP contribution in [0.1, 0.15) is 10.7 Å². The van der Waals surface area contributed by atoms with Crippen molar-refractivity contribution in [2.24, 2.45) is 0 Å². The second-order valence-electron chi connectivity index (χ2n) is 3.74. The highest BCUT2D eigenvalue weighted by molar-refractivity contribution is 7.09. The van der Waals surface area contributed by atoms with E-state index in [1.165, 1.54) is 35.6 Å². The summed E-state index contributed by atoms with van der Waals surface area (Å²) in [7, 11) is 0. The Morgan fingerprint density at radius 2 is 2.32 bits per heavy atom.